The highest BCUT2D eigenvalue weighted by Crippen LogP contribution is 2.62. The number of allylic oxidation sites excluding steroid dienone is 1. The van der Waals surface area contributed by atoms with Crippen molar-refractivity contribution >= 4 is 16.4 Å². The maximum absolute atomic E-state index is 13.5. The van der Waals surface area contributed by atoms with Gasteiger partial charge in [-0.05, 0) is 71.4 Å². The van der Waals surface area contributed by atoms with Crippen LogP contribution in [0.5, 0.6) is 0 Å². The Morgan fingerprint density at radius 2 is 1.76 bits per heavy atom. The second kappa shape index (κ2) is 11.9. The van der Waals surface area contributed by atoms with Gasteiger partial charge in [0.2, 0.25) is 0 Å². The highest BCUT2D eigenvalue weighted by Gasteiger charge is 2.68. The molecule has 0 aromatic heterocycles. The quantitative estimate of drug-likeness (QED) is 0.188. The second-order valence-corrected chi connectivity index (χ2v) is 15.4. The number of carbonyl (C=O) groups excluding carboxylic acids is 1. The summed E-state index contributed by atoms with van der Waals surface area (Å²) < 4.78 is 102. The van der Waals surface area contributed by atoms with Crippen LogP contribution in [-0.2, 0) is 49.4 Å². The Balaban J connectivity index is 1.57. The molecule has 1 spiro atoms. The van der Waals surface area contributed by atoms with Gasteiger partial charge in [0, 0.05) is 17.3 Å². The molecule has 0 unspecified atom stereocenters. The minimum atomic E-state index is -5.96. The molecule has 252 valence electrons. The highest BCUT2D eigenvalue weighted by atomic mass is 32.2. The lowest BCUT2D eigenvalue weighted by atomic mass is 9.51. The lowest BCUT2D eigenvalue weighted by Gasteiger charge is -2.59. The molecule has 2 saturated heterocycles. The molecule has 7 atom stereocenters. The monoisotopic (exact) mass is 660 g/mol. The fourth-order valence-electron chi connectivity index (χ4n) is 8.09. The van der Waals surface area contributed by atoms with Gasteiger partial charge >= 0.3 is 15.6 Å². The van der Waals surface area contributed by atoms with Gasteiger partial charge in [0.1, 0.15) is 30.5 Å². The Bertz CT molecular complexity index is 1390. The van der Waals surface area contributed by atoms with Gasteiger partial charge in [0.05, 0.1) is 30.8 Å². The Labute approximate surface area is 262 Å². The van der Waals surface area contributed by atoms with Gasteiger partial charge in [-0.3, -0.25) is 0 Å². The predicted octanol–water partition coefficient (Wildman–Crippen LogP) is 6.03. The van der Waals surface area contributed by atoms with E-state index in [-0.39, 0.29) is 44.2 Å². The van der Waals surface area contributed by atoms with Gasteiger partial charge in [0.25, 0.3) is 0 Å². The summed E-state index contributed by atoms with van der Waals surface area (Å²) in [4.78, 5) is 12.8. The van der Waals surface area contributed by atoms with Crippen molar-refractivity contribution in [1.82, 2.24) is 0 Å². The molecule has 0 amide bonds. The summed E-state index contributed by atoms with van der Waals surface area (Å²) in [7, 11) is -5.96. The fourth-order valence-corrected chi connectivity index (χ4v) is 8.75. The zero-order chi connectivity index (χ0) is 33.1. The molecular formula is C32H43F3O9S. The van der Waals surface area contributed by atoms with E-state index in [0.717, 1.165) is 11.8 Å². The fraction of sp³-hybridized carbons (Fsp3) is 0.719. The maximum Gasteiger partial charge on any atom is 0.534 e. The molecule has 45 heavy (non-hydrogen) atoms. The molecule has 2 heterocycles. The van der Waals surface area contributed by atoms with E-state index in [0.29, 0.717) is 24.8 Å². The van der Waals surface area contributed by atoms with Gasteiger partial charge in [0.15, 0.2) is 5.79 Å². The SMILES string of the molecule is CC1=C(OS(=O)(=O)C(F)(F)F)C(C)(C)[C@]2(CC1)OCO[C@H]2[C@@H]1[C@H]2COC(C)(C)O[C@H]2CC[C@@]1(C)[C@H](C=O)OCc1ccccc1. The number of hydrogen-bond acceptors (Lipinski definition) is 9. The Kier molecular flexibility index (Phi) is 9.07. The van der Waals surface area contributed by atoms with E-state index >= 15 is 0 Å². The number of rotatable bonds is 8. The number of aldehydes is 1. The smallest absolute Gasteiger partial charge is 0.380 e. The maximum atomic E-state index is 13.5. The summed E-state index contributed by atoms with van der Waals surface area (Å²) in [5.74, 6) is -1.96. The molecule has 5 rings (SSSR count). The van der Waals surface area contributed by atoms with E-state index in [9.17, 15) is 26.4 Å². The van der Waals surface area contributed by atoms with E-state index in [1.807, 2.05) is 51.1 Å². The van der Waals surface area contributed by atoms with Crippen molar-refractivity contribution in [2.45, 2.75) is 109 Å². The van der Waals surface area contributed by atoms with Crippen molar-refractivity contribution in [2.75, 3.05) is 13.4 Å². The molecule has 1 aromatic carbocycles. The Morgan fingerprint density at radius 1 is 1.07 bits per heavy atom. The van der Waals surface area contributed by atoms with Crippen molar-refractivity contribution in [3.63, 3.8) is 0 Å². The zero-order valence-corrected chi connectivity index (χ0v) is 27.3. The molecule has 0 bridgehead atoms. The summed E-state index contributed by atoms with van der Waals surface area (Å²) in [6.07, 6.45) is 0.517. The summed E-state index contributed by atoms with van der Waals surface area (Å²) in [6, 6.07) is 9.47. The zero-order valence-electron chi connectivity index (χ0n) is 26.5. The third kappa shape index (κ3) is 5.97. The first-order valence-corrected chi connectivity index (χ1v) is 16.7. The average molecular weight is 661 g/mol. The van der Waals surface area contributed by atoms with Crippen LogP contribution >= 0.6 is 0 Å². The minimum absolute atomic E-state index is 0.180. The lowest BCUT2D eigenvalue weighted by molar-refractivity contribution is -0.324. The Hall–Kier alpha value is -2.03. The number of halogens is 3. The van der Waals surface area contributed by atoms with E-state index in [1.54, 1.807) is 20.8 Å². The molecule has 3 fully saturated rings. The minimum Gasteiger partial charge on any atom is -0.380 e. The van der Waals surface area contributed by atoms with Crippen LogP contribution in [0.4, 0.5) is 13.2 Å². The third-order valence-electron chi connectivity index (χ3n) is 10.5. The molecule has 9 nitrogen and oxygen atoms in total. The molecular weight excluding hydrogens is 617 g/mol. The van der Waals surface area contributed by atoms with Crippen molar-refractivity contribution in [3.05, 3.63) is 47.2 Å². The van der Waals surface area contributed by atoms with Crippen molar-refractivity contribution in [3.8, 4) is 0 Å². The summed E-state index contributed by atoms with van der Waals surface area (Å²) in [5, 5.41) is 0. The predicted molar refractivity (Wildman–Crippen MR) is 156 cm³/mol. The number of alkyl halides is 3. The number of carbonyl (C=O) groups is 1. The van der Waals surface area contributed by atoms with Gasteiger partial charge in [-0.2, -0.15) is 21.6 Å². The number of hydrogen-bond donors (Lipinski definition) is 0. The van der Waals surface area contributed by atoms with Crippen LogP contribution < -0.4 is 0 Å². The van der Waals surface area contributed by atoms with Crippen LogP contribution in [0.1, 0.15) is 72.8 Å². The van der Waals surface area contributed by atoms with Gasteiger partial charge in [-0.25, -0.2) is 0 Å². The van der Waals surface area contributed by atoms with Gasteiger partial charge < -0.3 is 32.7 Å². The first-order valence-electron chi connectivity index (χ1n) is 15.3. The first kappa shape index (κ1) is 34.3. The van der Waals surface area contributed by atoms with Crippen LogP contribution in [0.15, 0.2) is 41.7 Å². The van der Waals surface area contributed by atoms with E-state index < -0.39 is 56.0 Å². The normalized spacial score (nSPS) is 35.6. The summed E-state index contributed by atoms with van der Waals surface area (Å²) >= 11 is 0. The molecule has 1 saturated carbocycles. The van der Waals surface area contributed by atoms with Gasteiger partial charge in [-0.1, -0.05) is 37.3 Å². The Morgan fingerprint density at radius 3 is 2.40 bits per heavy atom. The summed E-state index contributed by atoms with van der Waals surface area (Å²) in [6.45, 7) is 10.7. The van der Waals surface area contributed by atoms with Crippen LogP contribution in [0.3, 0.4) is 0 Å². The van der Waals surface area contributed by atoms with E-state index in [2.05, 4.69) is 0 Å². The van der Waals surface area contributed by atoms with Gasteiger partial charge in [-0.15, -0.1) is 0 Å². The molecule has 1 aromatic rings. The van der Waals surface area contributed by atoms with Crippen molar-refractivity contribution in [2.24, 2.45) is 22.7 Å². The van der Waals surface area contributed by atoms with E-state index in [1.165, 1.54) is 0 Å². The topological polar surface area (TPSA) is 107 Å². The molecule has 4 aliphatic rings. The number of fused-ring (bicyclic) bond motifs is 1. The molecule has 0 radical (unpaired) electrons. The average Bonchev–Trinajstić information content (AvgIpc) is 3.38. The van der Waals surface area contributed by atoms with Crippen molar-refractivity contribution in [1.29, 1.82) is 0 Å². The van der Waals surface area contributed by atoms with Crippen LogP contribution in [0, 0.1) is 22.7 Å². The first-order chi connectivity index (χ1) is 20.9. The van der Waals surface area contributed by atoms with Crippen LogP contribution in [0.25, 0.3) is 0 Å². The summed E-state index contributed by atoms with van der Waals surface area (Å²) in [5.41, 5.74) is -7.89. The van der Waals surface area contributed by atoms with E-state index in [4.69, 9.17) is 27.9 Å². The second-order valence-electron chi connectivity index (χ2n) is 13.9. The molecule has 13 heteroatoms. The molecule has 2 aliphatic carbocycles. The number of ether oxygens (including phenoxy) is 5. The highest BCUT2D eigenvalue weighted by molar-refractivity contribution is 7.87. The molecule has 0 N–H and O–H groups in total. The van der Waals surface area contributed by atoms with Crippen LogP contribution in [-0.4, -0.2) is 63.3 Å². The number of benzene rings is 1. The largest absolute Gasteiger partial charge is 0.534 e. The van der Waals surface area contributed by atoms with Crippen LogP contribution in [0.2, 0.25) is 0 Å². The van der Waals surface area contributed by atoms with Crippen molar-refractivity contribution < 1.29 is 54.3 Å². The molecule has 2 aliphatic heterocycles. The standard InChI is InChI=1S/C32H43F3O9S/c1-20-12-15-31(28(2,3)26(20)44-45(37,38)32(33,34)35)27(40-19-42-31)25-22-18-41-29(4,5)43-23(22)13-14-30(25,6)24(16-36)39-17-21-10-8-7-9-11-21/h7-11,16,22-25,27H,12-15,17-19H2,1-6H3/t22-,23-,24-,25-,27-,30-,31+/m0/s1. The lowest BCUT2D eigenvalue weighted by Crippen LogP contribution is -2.66. The third-order valence-corrected chi connectivity index (χ3v) is 11.4.